The molecule has 0 aromatic carbocycles. The van der Waals surface area contributed by atoms with Gasteiger partial charge in [-0.3, -0.25) is 4.79 Å². The first-order valence-corrected chi connectivity index (χ1v) is 7.01. The monoisotopic (exact) mass is 284 g/mol. The number of nitrogens with one attached hydrogen (secondary N) is 2. The Balaban J connectivity index is 2.10. The van der Waals surface area contributed by atoms with Gasteiger partial charge < -0.3 is 15.4 Å². The van der Waals surface area contributed by atoms with Gasteiger partial charge in [-0.1, -0.05) is 6.07 Å². The maximum Gasteiger partial charge on any atom is 0.407 e. The third kappa shape index (κ3) is 7.46. The molecule has 0 atom stereocenters. The molecule has 1 aromatic heterocycles. The van der Waals surface area contributed by atoms with Gasteiger partial charge in [0.1, 0.15) is 5.60 Å². The zero-order valence-electron chi connectivity index (χ0n) is 11.5. The molecule has 0 unspecified atom stereocenters. The Hall–Kier alpha value is -1.56. The fraction of sp³-hybridized carbons (Fsp3) is 0.538. The van der Waals surface area contributed by atoms with Gasteiger partial charge in [0.25, 0.3) is 0 Å². The van der Waals surface area contributed by atoms with Crippen LogP contribution in [0, 0.1) is 0 Å². The number of carbonyl (C=O) groups excluding carboxylic acids is 2. The van der Waals surface area contributed by atoms with Crippen LogP contribution in [0.3, 0.4) is 0 Å². The van der Waals surface area contributed by atoms with E-state index in [-0.39, 0.29) is 5.91 Å². The van der Waals surface area contributed by atoms with E-state index in [2.05, 4.69) is 10.6 Å². The molecule has 2 amide bonds. The van der Waals surface area contributed by atoms with Crippen molar-refractivity contribution in [2.45, 2.75) is 32.8 Å². The van der Waals surface area contributed by atoms with Crippen molar-refractivity contribution >= 4 is 23.3 Å². The van der Waals surface area contributed by atoms with Crippen LogP contribution in [0.25, 0.3) is 0 Å². The van der Waals surface area contributed by atoms with Crippen molar-refractivity contribution in [2.24, 2.45) is 0 Å². The highest BCUT2D eigenvalue weighted by Crippen LogP contribution is 2.08. The molecule has 5 nitrogen and oxygen atoms in total. The van der Waals surface area contributed by atoms with Gasteiger partial charge in [0.05, 0.1) is 6.42 Å². The number of rotatable bonds is 5. The minimum atomic E-state index is -0.507. The Morgan fingerprint density at radius 2 is 1.95 bits per heavy atom. The standard InChI is InChI=1S/C13H20N2O3S/c1-13(2,3)18-12(17)15-7-6-14-11(16)9-10-5-4-8-19-10/h4-5,8H,6-7,9H2,1-3H3,(H,14,16)(H,15,17). The molecular weight excluding hydrogens is 264 g/mol. The number of thiophene rings is 1. The molecule has 1 heterocycles. The summed E-state index contributed by atoms with van der Waals surface area (Å²) < 4.78 is 5.07. The number of hydrogen-bond donors (Lipinski definition) is 2. The quantitative estimate of drug-likeness (QED) is 0.812. The van der Waals surface area contributed by atoms with Gasteiger partial charge in [0, 0.05) is 18.0 Å². The number of ether oxygens (including phenoxy) is 1. The largest absolute Gasteiger partial charge is 0.444 e. The Morgan fingerprint density at radius 1 is 1.26 bits per heavy atom. The van der Waals surface area contributed by atoms with E-state index in [4.69, 9.17) is 4.74 Å². The van der Waals surface area contributed by atoms with Crippen molar-refractivity contribution in [3.05, 3.63) is 22.4 Å². The number of carbonyl (C=O) groups is 2. The molecule has 0 aliphatic rings. The Labute approximate surface area is 117 Å². The van der Waals surface area contributed by atoms with Crippen molar-refractivity contribution < 1.29 is 14.3 Å². The fourth-order valence-corrected chi connectivity index (χ4v) is 2.02. The molecule has 6 heteroatoms. The highest BCUT2D eigenvalue weighted by molar-refractivity contribution is 7.10. The highest BCUT2D eigenvalue weighted by Gasteiger charge is 2.15. The van der Waals surface area contributed by atoms with Crippen LogP contribution in [0.1, 0.15) is 25.6 Å². The summed E-state index contributed by atoms with van der Waals surface area (Å²) in [5.74, 6) is -0.0477. The van der Waals surface area contributed by atoms with Crippen LogP contribution in [0.2, 0.25) is 0 Å². The van der Waals surface area contributed by atoms with Crippen molar-refractivity contribution in [3.63, 3.8) is 0 Å². The molecule has 0 bridgehead atoms. The van der Waals surface area contributed by atoms with Crippen molar-refractivity contribution in [1.29, 1.82) is 0 Å². The summed E-state index contributed by atoms with van der Waals surface area (Å²) in [5, 5.41) is 7.25. The molecule has 1 aromatic rings. The lowest BCUT2D eigenvalue weighted by molar-refractivity contribution is -0.120. The van der Waals surface area contributed by atoms with E-state index in [0.29, 0.717) is 19.5 Å². The predicted octanol–water partition coefficient (Wildman–Crippen LogP) is 1.93. The molecular formula is C13H20N2O3S. The molecule has 1 rings (SSSR count). The smallest absolute Gasteiger partial charge is 0.407 e. The van der Waals surface area contributed by atoms with E-state index >= 15 is 0 Å². The minimum Gasteiger partial charge on any atom is -0.444 e. The molecule has 0 saturated carbocycles. The van der Waals surface area contributed by atoms with Crippen LogP contribution in [0.15, 0.2) is 17.5 Å². The topological polar surface area (TPSA) is 67.4 Å². The summed E-state index contributed by atoms with van der Waals surface area (Å²) in [6.07, 6.45) is -0.0931. The molecule has 0 radical (unpaired) electrons. The lowest BCUT2D eigenvalue weighted by Crippen LogP contribution is -2.38. The van der Waals surface area contributed by atoms with E-state index in [1.807, 2.05) is 17.5 Å². The zero-order valence-corrected chi connectivity index (χ0v) is 12.3. The van der Waals surface area contributed by atoms with Crippen LogP contribution in [0.4, 0.5) is 4.79 Å². The molecule has 0 saturated heterocycles. The molecule has 0 spiro atoms. The molecule has 106 valence electrons. The average molecular weight is 284 g/mol. The Kier molecular flexibility index (Phi) is 5.82. The van der Waals surface area contributed by atoms with Crippen LogP contribution in [0.5, 0.6) is 0 Å². The van der Waals surface area contributed by atoms with Gasteiger partial charge in [-0.25, -0.2) is 4.79 Å². The third-order valence-corrected chi connectivity index (χ3v) is 2.91. The van der Waals surface area contributed by atoms with Crippen LogP contribution in [-0.2, 0) is 16.0 Å². The second kappa shape index (κ2) is 7.13. The summed E-state index contributed by atoms with van der Waals surface area (Å²) in [6.45, 7) is 6.15. The van der Waals surface area contributed by atoms with E-state index in [1.54, 1.807) is 32.1 Å². The van der Waals surface area contributed by atoms with E-state index in [0.717, 1.165) is 4.88 Å². The van der Waals surface area contributed by atoms with Crippen molar-refractivity contribution in [3.8, 4) is 0 Å². The van der Waals surface area contributed by atoms with Gasteiger partial charge in [0.15, 0.2) is 0 Å². The molecule has 19 heavy (non-hydrogen) atoms. The van der Waals surface area contributed by atoms with Crippen molar-refractivity contribution in [2.75, 3.05) is 13.1 Å². The first-order chi connectivity index (χ1) is 8.87. The van der Waals surface area contributed by atoms with Gasteiger partial charge in [0.2, 0.25) is 5.91 Å². The van der Waals surface area contributed by atoms with Gasteiger partial charge >= 0.3 is 6.09 Å². The highest BCUT2D eigenvalue weighted by atomic mass is 32.1. The Morgan fingerprint density at radius 3 is 2.53 bits per heavy atom. The van der Waals surface area contributed by atoms with E-state index in [1.165, 1.54) is 0 Å². The van der Waals surface area contributed by atoms with Crippen molar-refractivity contribution in [1.82, 2.24) is 10.6 Å². The second-order valence-corrected chi connectivity index (χ2v) is 6.07. The summed E-state index contributed by atoms with van der Waals surface area (Å²) in [6, 6.07) is 3.83. The number of amides is 2. The van der Waals surface area contributed by atoms with E-state index in [9.17, 15) is 9.59 Å². The first-order valence-electron chi connectivity index (χ1n) is 6.13. The second-order valence-electron chi connectivity index (χ2n) is 5.03. The maximum atomic E-state index is 11.5. The summed E-state index contributed by atoms with van der Waals surface area (Å²) in [7, 11) is 0. The number of hydrogen-bond acceptors (Lipinski definition) is 4. The molecule has 0 aliphatic carbocycles. The van der Waals surface area contributed by atoms with Crippen LogP contribution >= 0.6 is 11.3 Å². The maximum absolute atomic E-state index is 11.5. The minimum absolute atomic E-state index is 0.0477. The average Bonchev–Trinajstić information content (AvgIpc) is 2.74. The van der Waals surface area contributed by atoms with E-state index < -0.39 is 11.7 Å². The Bertz CT molecular complexity index is 410. The third-order valence-electron chi connectivity index (χ3n) is 2.03. The predicted molar refractivity (Wildman–Crippen MR) is 75.3 cm³/mol. The molecule has 2 N–H and O–H groups in total. The normalized spacial score (nSPS) is 10.9. The lowest BCUT2D eigenvalue weighted by Gasteiger charge is -2.19. The van der Waals surface area contributed by atoms with Gasteiger partial charge in [-0.2, -0.15) is 0 Å². The lowest BCUT2D eigenvalue weighted by atomic mass is 10.2. The number of alkyl carbamates (subject to hydrolysis) is 1. The SMILES string of the molecule is CC(C)(C)OC(=O)NCCNC(=O)Cc1cccs1. The molecule has 0 aliphatic heterocycles. The molecule has 0 fully saturated rings. The van der Waals surface area contributed by atoms with Gasteiger partial charge in [-0.15, -0.1) is 11.3 Å². The zero-order chi connectivity index (χ0) is 14.3. The fourth-order valence-electron chi connectivity index (χ4n) is 1.31. The summed E-state index contributed by atoms with van der Waals surface area (Å²) in [5.41, 5.74) is -0.507. The first kappa shape index (κ1) is 15.5. The van der Waals surface area contributed by atoms with Crippen LogP contribution < -0.4 is 10.6 Å². The summed E-state index contributed by atoms with van der Waals surface area (Å²) >= 11 is 1.55. The van der Waals surface area contributed by atoms with Gasteiger partial charge in [-0.05, 0) is 32.2 Å². The van der Waals surface area contributed by atoms with Crippen LogP contribution in [-0.4, -0.2) is 30.7 Å². The summed E-state index contributed by atoms with van der Waals surface area (Å²) in [4.78, 5) is 23.9.